The molecule has 1 aliphatic rings. The van der Waals surface area contributed by atoms with Crippen molar-refractivity contribution in [3.8, 4) is 11.8 Å². The fraction of sp³-hybridized carbons (Fsp3) is 0.647. The highest BCUT2D eigenvalue weighted by molar-refractivity contribution is 7.10. The Bertz CT molecular complexity index is 461. The van der Waals surface area contributed by atoms with Crippen molar-refractivity contribution in [2.24, 2.45) is 11.7 Å². The summed E-state index contributed by atoms with van der Waals surface area (Å²) >= 11 is 1.83. The Kier molecular flexibility index (Phi) is 6.09. The molecule has 2 N–H and O–H groups in total. The maximum atomic E-state index is 5.42. The average Bonchev–Trinajstić information content (AvgIpc) is 3.06. The molecule has 0 aromatic carbocycles. The second kappa shape index (κ2) is 7.83. The number of rotatable bonds is 5. The van der Waals surface area contributed by atoms with Crippen LogP contribution in [0.3, 0.4) is 0 Å². The predicted octanol–water partition coefficient (Wildman–Crippen LogP) is 3.46. The molecule has 0 spiro atoms. The Morgan fingerprint density at radius 1 is 1.40 bits per heavy atom. The van der Waals surface area contributed by atoms with Crippen LogP contribution in [0.1, 0.15) is 50.0 Å². The minimum absolute atomic E-state index is 0.437. The van der Waals surface area contributed by atoms with E-state index >= 15 is 0 Å². The molecule has 1 aromatic rings. The molecular formula is C17H26N2S. The van der Waals surface area contributed by atoms with Gasteiger partial charge in [-0.05, 0) is 24.8 Å². The molecule has 0 saturated heterocycles. The minimum atomic E-state index is 0.437. The van der Waals surface area contributed by atoms with Gasteiger partial charge in [0.1, 0.15) is 0 Å². The molecule has 0 amide bonds. The first-order valence-corrected chi connectivity index (χ1v) is 8.57. The van der Waals surface area contributed by atoms with Gasteiger partial charge < -0.3 is 5.73 Å². The predicted molar refractivity (Wildman–Crippen MR) is 87.8 cm³/mol. The van der Waals surface area contributed by atoms with E-state index in [9.17, 15) is 0 Å². The third kappa shape index (κ3) is 4.63. The molecule has 0 aliphatic heterocycles. The average molecular weight is 290 g/mol. The maximum absolute atomic E-state index is 5.42. The van der Waals surface area contributed by atoms with E-state index in [-0.39, 0.29) is 0 Å². The van der Waals surface area contributed by atoms with Gasteiger partial charge in [0.25, 0.3) is 0 Å². The second-order valence-electron chi connectivity index (χ2n) is 6.07. The van der Waals surface area contributed by atoms with Gasteiger partial charge in [-0.15, -0.1) is 11.3 Å². The summed E-state index contributed by atoms with van der Waals surface area (Å²) in [5.41, 5.74) is 6.54. The van der Waals surface area contributed by atoms with Gasteiger partial charge in [0, 0.05) is 35.0 Å². The van der Waals surface area contributed by atoms with Gasteiger partial charge in [0.05, 0.1) is 6.54 Å². The van der Waals surface area contributed by atoms with Crippen molar-refractivity contribution < 1.29 is 0 Å². The zero-order valence-corrected chi connectivity index (χ0v) is 13.5. The van der Waals surface area contributed by atoms with Crippen LogP contribution >= 0.6 is 11.3 Å². The van der Waals surface area contributed by atoms with Crippen LogP contribution in [0.5, 0.6) is 0 Å². The van der Waals surface area contributed by atoms with E-state index in [0.29, 0.717) is 6.54 Å². The summed E-state index contributed by atoms with van der Waals surface area (Å²) in [6.45, 7) is 7.35. The van der Waals surface area contributed by atoms with E-state index in [1.165, 1.54) is 37.1 Å². The third-order valence-electron chi connectivity index (χ3n) is 3.79. The number of nitrogens with zero attached hydrogens (tertiary/aromatic N) is 1. The standard InChI is InChI=1S/C17H26N2S/c1-14(2)11-19(16-7-3-4-8-16)12-17-10-15(13-20-17)6-5-9-18/h10,13-14,16H,3-4,7-9,11-12,18H2,1-2H3. The first-order valence-electron chi connectivity index (χ1n) is 7.69. The molecule has 0 atom stereocenters. The number of hydrogen-bond donors (Lipinski definition) is 1. The van der Waals surface area contributed by atoms with E-state index in [4.69, 9.17) is 5.73 Å². The summed E-state index contributed by atoms with van der Waals surface area (Å²) in [6, 6.07) is 3.02. The van der Waals surface area contributed by atoms with Gasteiger partial charge in [-0.25, -0.2) is 0 Å². The Hall–Kier alpha value is -0.820. The molecular weight excluding hydrogens is 264 g/mol. The van der Waals surface area contributed by atoms with E-state index in [0.717, 1.165) is 24.1 Å². The van der Waals surface area contributed by atoms with Crippen LogP contribution in [0.4, 0.5) is 0 Å². The van der Waals surface area contributed by atoms with Gasteiger partial charge in [0.15, 0.2) is 0 Å². The molecule has 0 bridgehead atoms. The van der Waals surface area contributed by atoms with Crippen molar-refractivity contribution >= 4 is 11.3 Å². The van der Waals surface area contributed by atoms with Gasteiger partial charge in [-0.1, -0.05) is 38.5 Å². The van der Waals surface area contributed by atoms with Gasteiger partial charge in [0.2, 0.25) is 0 Å². The molecule has 110 valence electrons. The van der Waals surface area contributed by atoms with Gasteiger partial charge in [-0.2, -0.15) is 0 Å². The fourth-order valence-corrected chi connectivity index (χ4v) is 3.80. The molecule has 20 heavy (non-hydrogen) atoms. The molecule has 0 radical (unpaired) electrons. The van der Waals surface area contributed by atoms with Crippen LogP contribution < -0.4 is 5.73 Å². The number of hydrogen-bond acceptors (Lipinski definition) is 3. The Balaban J connectivity index is 2.00. The molecule has 2 nitrogen and oxygen atoms in total. The van der Waals surface area contributed by atoms with Crippen LogP contribution in [-0.4, -0.2) is 24.0 Å². The topological polar surface area (TPSA) is 29.3 Å². The highest BCUT2D eigenvalue weighted by Gasteiger charge is 2.23. The maximum Gasteiger partial charge on any atom is 0.0555 e. The lowest BCUT2D eigenvalue weighted by Gasteiger charge is -2.29. The second-order valence-corrected chi connectivity index (χ2v) is 7.06. The fourth-order valence-electron chi connectivity index (χ4n) is 2.96. The van der Waals surface area contributed by atoms with Crippen molar-refractivity contribution in [2.45, 2.75) is 52.1 Å². The van der Waals surface area contributed by atoms with Crippen LogP contribution in [-0.2, 0) is 6.54 Å². The Morgan fingerprint density at radius 3 is 2.80 bits per heavy atom. The Morgan fingerprint density at radius 2 is 2.15 bits per heavy atom. The zero-order valence-electron chi connectivity index (χ0n) is 12.7. The summed E-state index contributed by atoms with van der Waals surface area (Å²) in [6.07, 6.45) is 5.55. The molecule has 1 aliphatic carbocycles. The molecule has 1 heterocycles. The summed E-state index contributed by atoms with van der Waals surface area (Å²) < 4.78 is 0. The molecule has 2 rings (SSSR count). The first-order chi connectivity index (χ1) is 9.69. The van der Waals surface area contributed by atoms with Crippen LogP contribution in [0.25, 0.3) is 0 Å². The smallest absolute Gasteiger partial charge is 0.0555 e. The van der Waals surface area contributed by atoms with Crippen molar-refractivity contribution in [3.63, 3.8) is 0 Å². The summed E-state index contributed by atoms with van der Waals surface area (Å²) in [5, 5.41) is 2.15. The lowest BCUT2D eigenvalue weighted by atomic mass is 10.1. The van der Waals surface area contributed by atoms with E-state index in [2.05, 4.69) is 42.0 Å². The minimum Gasteiger partial charge on any atom is -0.320 e. The third-order valence-corrected chi connectivity index (χ3v) is 4.71. The number of nitrogens with two attached hydrogens (primary N) is 1. The van der Waals surface area contributed by atoms with Crippen molar-refractivity contribution in [3.05, 3.63) is 21.9 Å². The zero-order chi connectivity index (χ0) is 14.4. The summed E-state index contributed by atoms with van der Waals surface area (Å²) in [5.74, 6) is 6.78. The van der Waals surface area contributed by atoms with Crippen molar-refractivity contribution in [2.75, 3.05) is 13.1 Å². The van der Waals surface area contributed by atoms with Gasteiger partial charge in [-0.3, -0.25) is 4.90 Å². The van der Waals surface area contributed by atoms with Crippen LogP contribution in [0.15, 0.2) is 11.4 Å². The quantitative estimate of drug-likeness (QED) is 0.842. The Labute approximate surface area is 127 Å². The van der Waals surface area contributed by atoms with E-state index < -0.39 is 0 Å². The summed E-state index contributed by atoms with van der Waals surface area (Å²) in [4.78, 5) is 4.11. The largest absolute Gasteiger partial charge is 0.320 e. The number of thiophene rings is 1. The lowest BCUT2D eigenvalue weighted by Crippen LogP contribution is -2.35. The highest BCUT2D eigenvalue weighted by Crippen LogP contribution is 2.27. The molecule has 0 unspecified atom stereocenters. The van der Waals surface area contributed by atoms with Crippen molar-refractivity contribution in [1.82, 2.24) is 4.90 Å². The van der Waals surface area contributed by atoms with E-state index in [1.807, 2.05) is 11.3 Å². The summed E-state index contributed by atoms with van der Waals surface area (Å²) in [7, 11) is 0. The van der Waals surface area contributed by atoms with Crippen LogP contribution in [0, 0.1) is 17.8 Å². The van der Waals surface area contributed by atoms with Gasteiger partial charge >= 0.3 is 0 Å². The molecule has 1 aromatic heterocycles. The van der Waals surface area contributed by atoms with Crippen molar-refractivity contribution in [1.29, 1.82) is 0 Å². The normalized spacial score (nSPS) is 15.8. The SMILES string of the molecule is CC(C)CN(Cc1cc(C#CCN)cs1)C1CCCC1. The van der Waals surface area contributed by atoms with E-state index in [1.54, 1.807) is 0 Å². The van der Waals surface area contributed by atoms with Crippen LogP contribution in [0.2, 0.25) is 0 Å². The molecule has 1 fully saturated rings. The molecule has 3 heteroatoms. The first kappa shape index (κ1) is 15.6. The molecule has 1 saturated carbocycles. The monoisotopic (exact) mass is 290 g/mol. The lowest BCUT2D eigenvalue weighted by molar-refractivity contribution is 0.170. The highest BCUT2D eigenvalue weighted by atomic mass is 32.1.